The number of anilines is 1. The lowest BCUT2D eigenvalue weighted by molar-refractivity contribution is 0.102. The Bertz CT molecular complexity index is 1150. The van der Waals surface area contributed by atoms with Crippen molar-refractivity contribution in [3.05, 3.63) is 49.3 Å². The molecule has 0 saturated heterocycles. The van der Waals surface area contributed by atoms with E-state index in [2.05, 4.69) is 10.3 Å². The Morgan fingerprint density at radius 1 is 1.37 bits per heavy atom. The largest absolute Gasteiger partial charge is 0.495 e. The molecule has 0 radical (unpaired) electrons. The van der Waals surface area contributed by atoms with Crippen molar-refractivity contribution in [1.29, 1.82) is 0 Å². The molecule has 0 saturated carbocycles. The van der Waals surface area contributed by atoms with Gasteiger partial charge in [-0.05, 0) is 37.5 Å². The molecule has 1 amide bonds. The minimum atomic E-state index is -0.292. The molecule has 0 unspecified atom stereocenters. The summed E-state index contributed by atoms with van der Waals surface area (Å²) in [5.41, 5.74) is 1.97. The summed E-state index contributed by atoms with van der Waals surface area (Å²) in [6.45, 7) is 4.34. The third kappa shape index (κ3) is 2.91. The fraction of sp³-hybridized carbons (Fsp3) is 0.316. The SMILES string of the molecule is COc1cc(Cl)c(C)cc1NC(=O)c1sc2nc3n(c(=O)c2c1C)CCC3. The minimum Gasteiger partial charge on any atom is -0.495 e. The second kappa shape index (κ2) is 6.65. The summed E-state index contributed by atoms with van der Waals surface area (Å²) >= 11 is 7.38. The van der Waals surface area contributed by atoms with Gasteiger partial charge in [0.25, 0.3) is 11.5 Å². The molecule has 140 valence electrons. The lowest BCUT2D eigenvalue weighted by atomic mass is 10.2. The standard InChI is InChI=1S/C19H18ClN3O3S/c1-9-7-12(13(26-3)8-11(9)20)21-17(24)16-10(2)15-18(27-16)22-14-5-4-6-23(14)19(15)25/h7-8H,4-6H2,1-3H3,(H,21,24). The second-order valence-corrected chi connectivity index (χ2v) is 7.99. The van der Waals surface area contributed by atoms with Crippen LogP contribution in [0.5, 0.6) is 5.75 Å². The molecular formula is C19H18ClN3O3S. The Kier molecular flexibility index (Phi) is 4.44. The van der Waals surface area contributed by atoms with Gasteiger partial charge in [-0.1, -0.05) is 11.6 Å². The van der Waals surface area contributed by atoms with Crippen LogP contribution in [0.4, 0.5) is 5.69 Å². The maximum atomic E-state index is 12.9. The van der Waals surface area contributed by atoms with E-state index in [1.807, 2.05) is 6.92 Å². The van der Waals surface area contributed by atoms with Gasteiger partial charge in [-0.25, -0.2) is 4.98 Å². The first-order chi connectivity index (χ1) is 12.9. The molecule has 1 N–H and O–H groups in total. The van der Waals surface area contributed by atoms with Crippen LogP contribution in [0.25, 0.3) is 10.2 Å². The van der Waals surface area contributed by atoms with Crippen LogP contribution in [0.2, 0.25) is 5.02 Å². The van der Waals surface area contributed by atoms with Crippen LogP contribution in [-0.2, 0) is 13.0 Å². The number of carbonyl (C=O) groups excluding carboxylic acids is 1. The van der Waals surface area contributed by atoms with Crippen LogP contribution < -0.4 is 15.6 Å². The zero-order valence-corrected chi connectivity index (χ0v) is 16.8. The number of carbonyl (C=O) groups is 1. The number of halogens is 1. The van der Waals surface area contributed by atoms with Crippen molar-refractivity contribution in [2.45, 2.75) is 33.2 Å². The number of methoxy groups -OCH3 is 1. The summed E-state index contributed by atoms with van der Waals surface area (Å²) in [5, 5.41) is 3.98. The van der Waals surface area contributed by atoms with E-state index in [0.717, 1.165) is 24.2 Å². The van der Waals surface area contributed by atoms with Crippen molar-refractivity contribution in [2.24, 2.45) is 0 Å². The summed E-state index contributed by atoms with van der Waals surface area (Å²) in [6.07, 6.45) is 1.73. The predicted octanol–water partition coefficient (Wildman–Crippen LogP) is 3.94. The van der Waals surface area contributed by atoms with Gasteiger partial charge < -0.3 is 10.1 Å². The van der Waals surface area contributed by atoms with Crippen LogP contribution in [0, 0.1) is 13.8 Å². The Morgan fingerprint density at radius 3 is 2.89 bits per heavy atom. The lowest BCUT2D eigenvalue weighted by Crippen LogP contribution is -2.20. The number of thiophene rings is 1. The molecule has 1 aliphatic heterocycles. The predicted molar refractivity (Wildman–Crippen MR) is 108 cm³/mol. The molecule has 4 rings (SSSR count). The second-order valence-electron chi connectivity index (χ2n) is 6.58. The summed E-state index contributed by atoms with van der Waals surface area (Å²) in [5.74, 6) is 0.991. The molecule has 27 heavy (non-hydrogen) atoms. The monoisotopic (exact) mass is 403 g/mol. The van der Waals surface area contributed by atoms with Gasteiger partial charge in [0, 0.05) is 24.1 Å². The van der Waals surface area contributed by atoms with E-state index in [1.165, 1.54) is 18.4 Å². The lowest BCUT2D eigenvalue weighted by Gasteiger charge is -2.12. The Labute approximate surface area is 164 Å². The average Bonchev–Trinajstić information content (AvgIpc) is 3.23. The molecule has 1 aliphatic rings. The van der Waals surface area contributed by atoms with E-state index >= 15 is 0 Å². The number of nitrogens with zero attached hydrogens (tertiary/aromatic N) is 2. The van der Waals surface area contributed by atoms with Gasteiger partial charge in [0.2, 0.25) is 0 Å². The van der Waals surface area contributed by atoms with Crippen molar-refractivity contribution in [2.75, 3.05) is 12.4 Å². The Balaban J connectivity index is 1.76. The van der Waals surface area contributed by atoms with Crippen LogP contribution in [0.15, 0.2) is 16.9 Å². The van der Waals surface area contributed by atoms with Crippen LogP contribution in [-0.4, -0.2) is 22.6 Å². The number of fused-ring (bicyclic) bond motifs is 2. The smallest absolute Gasteiger partial charge is 0.266 e. The first kappa shape index (κ1) is 18.0. The number of ether oxygens (including phenoxy) is 1. The third-order valence-electron chi connectivity index (χ3n) is 4.85. The molecule has 3 aromatic rings. The number of nitrogens with one attached hydrogen (secondary N) is 1. The van der Waals surface area contributed by atoms with Crippen LogP contribution >= 0.6 is 22.9 Å². The van der Waals surface area contributed by atoms with E-state index in [-0.39, 0.29) is 11.5 Å². The van der Waals surface area contributed by atoms with E-state index in [9.17, 15) is 9.59 Å². The quantitative estimate of drug-likeness (QED) is 0.719. The zero-order chi connectivity index (χ0) is 19.3. The topological polar surface area (TPSA) is 73.2 Å². The van der Waals surface area contributed by atoms with E-state index in [1.54, 1.807) is 23.6 Å². The van der Waals surface area contributed by atoms with Crippen molar-refractivity contribution in [3.8, 4) is 5.75 Å². The van der Waals surface area contributed by atoms with Gasteiger partial charge >= 0.3 is 0 Å². The highest BCUT2D eigenvalue weighted by atomic mass is 35.5. The Morgan fingerprint density at radius 2 is 2.15 bits per heavy atom. The van der Waals surface area contributed by atoms with Crippen LogP contribution in [0.1, 0.15) is 33.0 Å². The van der Waals surface area contributed by atoms with Crippen molar-refractivity contribution < 1.29 is 9.53 Å². The average molecular weight is 404 g/mol. The zero-order valence-electron chi connectivity index (χ0n) is 15.2. The molecule has 6 nitrogen and oxygen atoms in total. The number of aryl methyl sites for hydroxylation is 3. The highest BCUT2D eigenvalue weighted by molar-refractivity contribution is 7.20. The number of benzene rings is 1. The number of rotatable bonds is 3. The van der Waals surface area contributed by atoms with Crippen molar-refractivity contribution in [3.63, 3.8) is 0 Å². The van der Waals surface area contributed by atoms with Gasteiger partial charge in [0.15, 0.2) is 0 Å². The summed E-state index contributed by atoms with van der Waals surface area (Å²) in [6, 6.07) is 3.44. The maximum absolute atomic E-state index is 12.9. The minimum absolute atomic E-state index is 0.0554. The molecular weight excluding hydrogens is 386 g/mol. The van der Waals surface area contributed by atoms with Crippen molar-refractivity contribution >= 4 is 44.7 Å². The first-order valence-corrected chi connectivity index (χ1v) is 9.78. The van der Waals surface area contributed by atoms with Gasteiger partial charge in [-0.3, -0.25) is 14.2 Å². The molecule has 0 fully saturated rings. The highest BCUT2D eigenvalue weighted by Gasteiger charge is 2.24. The molecule has 0 spiro atoms. The molecule has 1 aromatic carbocycles. The normalized spacial score (nSPS) is 13.0. The molecule has 0 bridgehead atoms. The van der Waals surface area contributed by atoms with Gasteiger partial charge in [-0.15, -0.1) is 11.3 Å². The van der Waals surface area contributed by atoms with E-state index < -0.39 is 0 Å². The third-order valence-corrected chi connectivity index (χ3v) is 6.44. The van der Waals surface area contributed by atoms with E-state index in [0.29, 0.717) is 43.7 Å². The molecule has 0 atom stereocenters. The number of aromatic nitrogens is 2. The number of hydrogen-bond acceptors (Lipinski definition) is 5. The fourth-order valence-electron chi connectivity index (χ4n) is 3.40. The molecule has 3 heterocycles. The molecule has 0 aliphatic carbocycles. The van der Waals surface area contributed by atoms with E-state index in [4.69, 9.17) is 16.3 Å². The first-order valence-electron chi connectivity index (χ1n) is 8.59. The summed E-state index contributed by atoms with van der Waals surface area (Å²) in [7, 11) is 1.52. The molecule has 8 heteroatoms. The van der Waals surface area contributed by atoms with Gasteiger partial charge in [0.1, 0.15) is 16.4 Å². The van der Waals surface area contributed by atoms with Gasteiger partial charge in [0.05, 0.1) is 23.1 Å². The number of hydrogen-bond donors (Lipinski definition) is 1. The fourth-order valence-corrected chi connectivity index (χ4v) is 4.64. The van der Waals surface area contributed by atoms with Crippen LogP contribution in [0.3, 0.4) is 0 Å². The number of amides is 1. The summed E-state index contributed by atoms with van der Waals surface area (Å²) in [4.78, 5) is 31.4. The highest BCUT2D eigenvalue weighted by Crippen LogP contribution is 2.33. The Hall–Kier alpha value is -2.38. The molecule has 2 aromatic heterocycles. The maximum Gasteiger partial charge on any atom is 0.266 e. The van der Waals surface area contributed by atoms with Gasteiger partial charge in [-0.2, -0.15) is 0 Å². The van der Waals surface area contributed by atoms with Crippen molar-refractivity contribution in [1.82, 2.24) is 9.55 Å². The summed E-state index contributed by atoms with van der Waals surface area (Å²) < 4.78 is 7.04.